The maximum Gasteiger partial charge on any atom is 0.416 e. The maximum absolute atomic E-state index is 13.9. The van der Waals surface area contributed by atoms with Crippen molar-refractivity contribution in [1.29, 1.82) is 0 Å². The summed E-state index contributed by atoms with van der Waals surface area (Å²) in [6.07, 6.45) is -2.36. The topological polar surface area (TPSA) is 22.6 Å². The Labute approximate surface area is 284 Å². The van der Waals surface area contributed by atoms with Crippen molar-refractivity contribution in [2.24, 2.45) is 0 Å². The van der Waals surface area contributed by atoms with E-state index in [1.54, 1.807) is 12.1 Å². The molecule has 0 unspecified atom stereocenters. The minimum absolute atomic E-state index is 0.107. The molecule has 260 valence electrons. The highest BCUT2D eigenvalue weighted by molar-refractivity contribution is 5.48. The minimum Gasteiger partial charge on any atom is -0.300 e. The van der Waals surface area contributed by atoms with Gasteiger partial charge in [0.15, 0.2) is 0 Å². The Morgan fingerprint density at radius 2 is 1.00 bits per heavy atom. The van der Waals surface area contributed by atoms with Gasteiger partial charge in [-0.05, 0) is 79.9 Å². The first-order valence-corrected chi connectivity index (χ1v) is 16.7. The average molecular weight is 681 g/mol. The van der Waals surface area contributed by atoms with Gasteiger partial charge in [0.2, 0.25) is 0 Å². The molecule has 0 aliphatic carbocycles. The molecule has 0 spiro atoms. The fraction of sp³-hybridized carbons (Fsp3) is 0.359. The number of halogens is 6. The molecule has 5 rings (SSSR count). The largest absolute Gasteiger partial charge is 0.416 e. The molecule has 1 aliphatic rings. The summed E-state index contributed by atoms with van der Waals surface area (Å²) in [5.41, 5.74) is 1.65. The van der Waals surface area contributed by atoms with Gasteiger partial charge < -0.3 is 0 Å². The van der Waals surface area contributed by atoms with Crippen molar-refractivity contribution in [2.75, 3.05) is 32.7 Å². The first-order chi connectivity index (χ1) is 23.5. The SMILES string of the molecule is FC(F)(F)c1ccccc1CN1CCCCN(C/C=C/c2ccccc2)CCCN(Cc2ccccc2C(F)(F)F)Cc2cccc(n2)C1. The number of aromatic nitrogens is 1. The Morgan fingerprint density at radius 1 is 0.531 bits per heavy atom. The maximum atomic E-state index is 13.9. The predicted octanol–water partition coefficient (Wildman–Crippen LogP) is 9.32. The summed E-state index contributed by atoms with van der Waals surface area (Å²) in [5, 5.41) is 0. The van der Waals surface area contributed by atoms with Gasteiger partial charge in [-0.25, -0.2) is 0 Å². The summed E-state index contributed by atoms with van der Waals surface area (Å²) in [5.74, 6) is 0. The second-order valence-corrected chi connectivity index (χ2v) is 12.5. The highest BCUT2D eigenvalue weighted by Crippen LogP contribution is 2.34. The Balaban J connectivity index is 1.40. The molecule has 4 aromatic rings. The van der Waals surface area contributed by atoms with Crippen LogP contribution in [0.25, 0.3) is 6.08 Å². The number of alkyl halides is 6. The molecule has 10 heteroatoms. The molecule has 4 nitrogen and oxygen atoms in total. The Morgan fingerprint density at radius 3 is 1.55 bits per heavy atom. The molecule has 49 heavy (non-hydrogen) atoms. The van der Waals surface area contributed by atoms with Crippen molar-refractivity contribution in [1.82, 2.24) is 19.7 Å². The third-order valence-electron chi connectivity index (χ3n) is 8.69. The quantitative estimate of drug-likeness (QED) is 0.182. The standard InChI is InChI=1S/C39H42F6N4/c40-38(41,42)36-20-6-4-16-32(36)27-48-23-9-8-22-47(24-11-15-31-13-2-1-3-14-31)25-12-26-49(30-35-19-10-18-34(29-48)46-35)28-33-17-5-7-21-37(33)39(43,44)45/h1-7,10-11,13-21H,8-9,12,22-30H2/b15-11+. The van der Waals surface area contributed by atoms with Crippen LogP contribution < -0.4 is 0 Å². The average Bonchev–Trinajstić information content (AvgIpc) is 3.06. The van der Waals surface area contributed by atoms with Crippen LogP contribution in [0.5, 0.6) is 0 Å². The van der Waals surface area contributed by atoms with E-state index < -0.39 is 23.5 Å². The summed E-state index contributed by atoms with van der Waals surface area (Å²) in [6, 6.07) is 26.9. The number of benzene rings is 3. The van der Waals surface area contributed by atoms with E-state index in [0.29, 0.717) is 44.1 Å². The number of hydrogen-bond acceptors (Lipinski definition) is 4. The zero-order valence-electron chi connectivity index (χ0n) is 27.4. The first kappa shape index (κ1) is 36.3. The highest BCUT2D eigenvalue weighted by atomic mass is 19.4. The fourth-order valence-electron chi connectivity index (χ4n) is 6.33. The monoisotopic (exact) mass is 680 g/mol. The van der Waals surface area contributed by atoms with Crippen LogP contribution in [-0.2, 0) is 38.5 Å². The zero-order valence-corrected chi connectivity index (χ0v) is 27.4. The molecule has 2 bridgehead atoms. The summed E-state index contributed by atoms with van der Waals surface area (Å²) in [6.45, 7) is 4.30. The Bertz CT molecular complexity index is 1640. The third kappa shape index (κ3) is 11.3. The summed E-state index contributed by atoms with van der Waals surface area (Å²) in [7, 11) is 0. The van der Waals surface area contributed by atoms with Crippen LogP contribution in [0.2, 0.25) is 0 Å². The predicted molar refractivity (Wildman–Crippen MR) is 181 cm³/mol. The van der Waals surface area contributed by atoms with E-state index >= 15 is 0 Å². The van der Waals surface area contributed by atoms with Gasteiger partial charge in [0.05, 0.1) is 22.5 Å². The molecule has 0 saturated carbocycles. The van der Waals surface area contributed by atoms with Crippen LogP contribution in [0.15, 0.2) is 103 Å². The summed E-state index contributed by atoms with van der Waals surface area (Å²) >= 11 is 0. The first-order valence-electron chi connectivity index (χ1n) is 16.7. The van der Waals surface area contributed by atoms with E-state index in [9.17, 15) is 26.3 Å². The molecule has 1 aromatic heterocycles. The Hall–Kier alpha value is -3.99. The second-order valence-electron chi connectivity index (χ2n) is 12.5. The molecular weight excluding hydrogens is 638 g/mol. The molecule has 0 N–H and O–H groups in total. The van der Waals surface area contributed by atoms with Gasteiger partial charge in [0.1, 0.15) is 0 Å². The molecule has 0 amide bonds. The van der Waals surface area contributed by atoms with Crippen molar-refractivity contribution in [2.45, 2.75) is 57.8 Å². The molecule has 0 atom stereocenters. The third-order valence-corrected chi connectivity index (χ3v) is 8.69. The van der Waals surface area contributed by atoms with E-state index in [2.05, 4.69) is 17.1 Å². The lowest BCUT2D eigenvalue weighted by Gasteiger charge is -2.26. The number of hydrogen-bond donors (Lipinski definition) is 0. The van der Waals surface area contributed by atoms with Gasteiger partial charge >= 0.3 is 12.4 Å². The lowest BCUT2D eigenvalue weighted by Crippen LogP contribution is -2.31. The summed E-state index contributed by atoms with van der Waals surface area (Å²) in [4.78, 5) is 11.2. The van der Waals surface area contributed by atoms with Crippen molar-refractivity contribution in [3.8, 4) is 0 Å². The zero-order chi connectivity index (χ0) is 34.7. The van der Waals surface area contributed by atoms with Gasteiger partial charge in [-0.15, -0.1) is 0 Å². The lowest BCUT2D eigenvalue weighted by atomic mass is 10.1. The summed E-state index contributed by atoms with van der Waals surface area (Å²) < 4.78 is 83.4. The molecule has 0 saturated heterocycles. The van der Waals surface area contributed by atoms with Gasteiger partial charge in [0, 0.05) is 39.3 Å². The van der Waals surface area contributed by atoms with Crippen molar-refractivity contribution >= 4 is 6.08 Å². The van der Waals surface area contributed by atoms with Crippen molar-refractivity contribution in [3.05, 3.63) is 142 Å². The molecule has 1 aliphatic heterocycles. The molecular formula is C39H42F6N4. The Kier molecular flexibility index (Phi) is 12.7. The van der Waals surface area contributed by atoms with E-state index in [1.807, 2.05) is 58.3 Å². The van der Waals surface area contributed by atoms with E-state index in [1.165, 1.54) is 24.3 Å². The fourth-order valence-corrected chi connectivity index (χ4v) is 6.33. The number of rotatable bonds is 7. The highest BCUT2D eigenvalue weighted by Gasteiger charge is 2.34. The van der Waals surface area contributed by atoms with E-state index in [4.69, 9.17) is 4.98 Å². The minimum atomic E-state index is -4.47. The normalized spacial score (nSPS) is 16.8. The molecule has 0 radical (unpaired) electrons. The van der Waals surface area contributed by atoms with Crippen LogP contribution in [-0.4, -0.2) is 52.4 Å². The van der Waals surface area contributed by atoms with Crippen LogP contribution in [0.3, 0.4) is 0 Å². The molecule has 3 aromatic carbocycles. The van der Waals surface area contributed by atoms with Crippen LogP contribution in [0.4, 0.5) is 26.3 Å². The van der Waals surface area contributed by atoms with Crippen LogP contribution in [0.1, 0.15) is 58.5 Å². The smallest absolute Gasteiger partial charge is 0.300 e. The lowest BCUT2D eigenvalue weighted by molar-refractivity contribution is -0.139. The van der Waals surface area contributed by atoms with Crippen molar-refractivity contribution < 1.29 is 26.3 Å². The molecule has 2 heterocycles. The number of pyridine rings is 1. The van der Waals surface area contributed by atoms with E-state index in [-0.39, 0.29) is 24.2 Å². The second kappa shape index (κ2) is 17.1. The number of fused-ring (bicyclic) bond motifs is 2. The van der Waals surface area contributed by atoms with Crippen LogP contribution >= 0.6 is 0 Å². The van der Waals surface area contributed by atoms with Crippen LogP contribution in [0, 0.1) is 0 Å². The van der Waals surface area contributed by atoms with E-state index in [0.717, 1.165) is 50.0 Å². The number of nitrogens with zero attached hydrogens (tertiary/aromatic N) is 4. The van der Waals surface area contributed by atoms with Gasteiger partial charge in [-0.2, -0.15) is 26.3 Å². The van der Waals surface area contributed by atoms with Gasteiger partial charge in [0.25, 0.3) is 0 Å². The van der Waals surface area contributed by atoms with Gasteiger partial charge in [-0.1, -0.05) is 84.9 Å². The van der Waals surface area contributed by atoms with Crippen molar-refractivity contribution in [3.63, 3.8) is 0 Å². The molecule has 0 fully saturated rings. The van der Waals surface area contributed by atoms with Gasteiger partial charge in [-0.3, -0.25) is 19.7 Å².